The van der Waals surface area contributed by atoms with Crippen LogP contribution in [0.3, 0.4) is 0 Å². The summed E-state index contributed by atoms with van der Waals surface area (Å²) in [5.41, 5.74) is 0.130. The monoisotopic (exact) mass is 344 g/mol. The van der Waals surface area contributed by atoms with E-state index in [4.69, 9.17) is 9.78 Å². The van der Waals surface area contributed by atoms with Crippen molar-refractivity contribution < 1.29 is 14.6 Å². The van der Waals surface area contributed by atoms with E-state index in [9.17, 15) is 4.79 Å². The molecule has 25 heavy (non-hydrogen) atoms. The summed E-state index contributed by atoms with van der Waals surface area (Å²) in [6, 6.07) is 0. The van der Waals surface area contributed by atoms with Crippen molar-refractivity contribution in [3.63, 3.8) is 0 Å². The average Bonchev–Trinajstić information content (AvgIpc) is 2.54. The summed E-state index contributed by atoms with van der Waals surface area (Å²) in [6.45, 7) is 4.07. The molecule has 1 saturated heterocycles. The van der Waals surface area contributed by atoms with Gasteiger partial charge in [0.05, 0.1) is 0 Å². The maximum Gasteiger partial charge on any atom is 0.138 e. The number of allylic oxidation sites excluding steroid dienone is 1. The molecule has 3 nitrogen and oxygen atoms in total. The summed E-state index contributed by atoms with van der Waals surface area (Å²) >= 11 is 0. The SMILES string of the molecule is C[C@H]1C(=O)C[C@@H]2C[C@H]1OO[C@@]2(C)C=CCC12CC3CC(CC(C3)C1)C2. The van der Waals surface area contributed by atoms with Gasteiger partial charge in [0.2, 0.25) is 0 Å². The Morgan fingerprint density at radius 2 is 1.72 bits per heavy atom. The Kier molecular flexibility index (Phi) is 3.74. The molecule has 0 radical (unpaired) electrons. The average molecular weight is 344 g/mol. The van der Waals surface area contributed by atoms with Crippen molar-refractivity contribution in [3.05, 3.63) is 12.2 Å². The zero-order valence-electron chi connectivity index (χ0n) is 15.7. The van der Waals surface area contributed by atoms with Crippen LogP contribution in [0.15, 0.2) is 12.2 Å². The third kappa shape index (κ3) is 2.73. The van der Waals surface area contributed by atoms with Gasteiger partial charge in [0.1, 0.15) is 17.5 Å². The van der Waals surface area contributed by atoms with Crippen LogP contribution in [0.4, 0.5) is 0 Å². The Labute approximate surface area is 151 Å². The Balaban J connectivity index is 1.28. The van der Waals surface area contributed by atoms with Crippen molar-refractivity contribution in [1.29, 1.82) is 0 Å². The summed E-state index contributed by atoms with van der Waals surface area (Å²) in [5.74, 6) is 3.60. The first-order valence-corrected chi connectivity index (χ1v) is 10.5. The molecule has 5 aliphatic carbocycles. The number of fused-ring (bicyclic) bond motifs is 2. The molecule has 0 amide bonds. The molecular formula is C22H32O3. The van der Waals surface area contributed by atoms with Crippen LogP contribution in [0.25, 0.3) is 0 Å². The molecule has 5 saturated carbocycles. The predicted octanol–water partition coefficient (Wildman–Crippen LogP) is 4.85. The maximum absolute atomic E-state index is 12.2. The van der Waals surface area contributed by atoms with Gasteiger partial charge in [-0.3, -0.25) is 4.79 Å². The Morgan fingerprint density at radius 3 is 2.36 bits per heavy atom. The number of rotatable bonds is 3. The summed E-state index contributed by atoms with van der Waals surface area (Å²) in [5, 5.41) is 0. The van der Waals surface area contributed by atoms with Crippen LogP contribution in [0.1, 0.15) is 71.6 Å². The summed E-state index contributed by atoms with van der Waals surface area (Å²) < 4.78 is 0. The second-order valence-electron chi connectivity index (χ2n) is 10.3. The van der Waals surface area contributed by atoms with Gasteiger partial charge in [-0.15, -0.1) is 0 Å². The molecule has 6 bridgehead atoms. The fourth-order valence-corrected chi connectivity index (χ4v) is 7.24. The zero-order valence-corrected chi connectivity index (χ0v) is 15.7. The summed E-state index contributed by atoms with van der Waals surface area (Å²) in [4.78, 5) is 23.7. The second kappa shape index (κ2) is 5.66. The summed E-state index contributed by atoms with van der Waals surface area (Å²) in [7, 11) is 0. The summed E-state index contributed by atoms with van der Waals surface area (Å²) in [6.07, 6.45) is 16.2. The first kappa shape index (κ1) is 16.5. The largest absolute Gasteiger partial charge is 0.299 e. The fraction of sp³-hybridized carbons (Fsp3) is 0.864. The molecule has 6 rings (SSSR count). The molecule has 6 aliphatic rings. The number of hydrogen-bond donors (Lipinski definition) is 0. The predicted molar refractivity (Wildman–Crippen MR) is 95.6 cm³/mol. The van der Waals surface area contributed by atoms with Crippen molar-refractivity contribution in [2.75, 3.05) is 0 Å². The van der Waals surface area contributed by atoms with Crippen LogP contribution in [0, 0.1) is 35.0 Å². The minimum absolute atomic E-state index is 0.0168. The quantitative estimate of drug-likeness (QED) is 0.542. The van der Waals surface area contributed by atoms with Gasteiger partial charge in [-0.1, -0.05) is 19.1 Å². The fourth-order valence-electron chi connectivity index (χ4n) is 7.24. The minimum atomic E-state index is -0.436. The Hall–Kier alpha value is -0.670. The third-order valence-electron chi connectivity index (χ3n) is 8.36. The van der Waals surface area contributed by atoms with Crippen molar-refractivity contribution in [2.24, 2.45) is 35.0 Å². The number of carbonyl (C=O) groups is 1. The number of hydrogen-bond acceptors (Lipinski definition) is 3. The van der Waals surface area contributed by atoms with Crippen molar-refractivity contribution in [2.45, 2.75) is 83.3 Å². The van der Waals surface area contributed by atoms with E-state index in [1.807, 2.05) is 6.92 Å². The highest BCUT2D eigenvalue weighted by Gasteiger charge is 2.51. The lowest BCUT2D eigenvalue weighted by Gasteiger charge is -2.57. The smallest absolute Gasteiger partial charge is 0.138 e. The van der Waals surface area contributed by atoms with Gasteiger partial charge in [-0.05, 0) is 81.5 Å². The van der Waals surface area contributed by atoms with Crippen LogP contribution in [0.5, 0.6) is 0 Å². The van der Waals surface area contributed by atoms with E-state index in [0.29, 0.717) is 17.6 Å². The molecular weight excluding hydrogens is 312 g/mol. The highest BCUT2D eigenvalue weighted by Crippen LogP contribution is 2.61. The van der Waals surface area contributed by atoms with Crippen LogP contribution >= 0.6 is 0 Å². The molecule has 0 unspecified atom stereocenters. The van der Waals surface area contributed by atoms with Crippen LogP contribution in [-0.4, -0.2) is 17.5 Å². The molecule has 4 atom stereocenters. The molecule has 0 spiro atoms. The molecule has 0 aromatic carbocycles. The van der Waals surface area contributed by atoms with Gasteiger partial charge in [-0.2, -0.15) is 0 Å². The maximum atomic E-state index is 12.2. The standard InChI is InChI=1S/C22H32O3/c1-14-19(23)9-18-10-20(14)24-25-21(18,2)4-3-5-22-11-15-6-16(12-22)8-17(7-15)13-22/h3-4,14-18,20H,5-13H2,1-2H3/t14-,15?,16?,17?,18+,20+,21-,22?/m0/s1. The molecule has 1 heterocycles. The highest BCUT2D eigenvalue weighted by molar-refractivity contribution is 5.82. The number of ketones is 1. The molecule has 0 aromatic heterocycles. The molecule has 138 valence electrons. The van der Waals surface area contributed by atoms with Gasteiger partial charge in [0.15, 0.2) is 0 Å². The lowest BCUT2D eigenvalue weighted by molar-refractivity contribution is -0.415. The third-order valence-corrected chi connectivity index (χ3v) is 8.36. The van der Waals surface area contributed by atoms with Gasteiger partial charge in [-0.25, -0.2) is 9.78 Å². The lowest BCUT2D eigenvalue weighted by atomic mass is 9.49. The molecule has 3 heteroatoms. The van der Waals surface area contributed by atoms with Crippen molar-refractivity contribution >= 4 is 5.78 Å². The van der Waals surface area contributed by atoms with E-state index in [1.165, 1.54) is 44.9 Å². The second-order valence-corrected chi connectivity index (χ2v) is 10.3. The minimum Gasteiger partial charge on any atom is -0.299 e. The van der Waals surface area contributed by atoms with E-state index in [0.717, 1.165) is 24.2 Å². The Bertz CT molecular complexity index is 559. The van der Waals surface area contributed by atoms with Crippen LogP contribution in [-0.2, 0) is 14.6 Å². The van der Waals surface area contributed by atoms with Gasteiger partial charge >= 0.3 is 0 Å². The van der Waals surface area contributed by atoms with E-state index < -0.39 is 5.60 Å². The van der Waals surface area contributed by atoms with Crippen LogP contribution < -0.4 is 0 Å². The van der Waals surface area contributed by atoms with Crippen LogP contribution in [0.2, 0.25) is 0 Å². The van der Waals surface area contributed by atoms with Crippen molar-refractivity contribution in [1.82, 2.24) is 0 Å². The van der Waals surface area contributed by atoms with Gasteiger partial charge in [0, 0.05) is 18.3 Å². The molecule has 1 aliphatic heterocycles. The normalized spacial score (nSPS) is 54.4. The zero-order chi connectivity index (χ0) is 17.2. The molecule has 0 N–H and O–H groups in total. The first-order valence-electron chi connectivity index (χ1n) is 10.5. The van der Waals surface area contributed by atoms with E-state index in [-0.39, 0.29) is 17.9 Å². The lowest BCUT2D eigenvalue weighted by Crippen LogP contribution is -2.52. The number of carbonyl (C=O) groups excluding carboxylic acids is 1. The highest BCUT2D eigenvalue weighted by atomic mass is 17.2. The number of Topliss-reactive ketones (excluding diaryl/α,β-unsaturated/α-hetero) is 1. The van der Waals surface area contributed by atoms with Gasteiger partial charge in [0.25, 0.3) is 0 Å². The van der Waals surface area contributed by atoms with E-state index in [2.05, 4.69) is 19.1 Å². The topological polar surface area (TPSA) is 35.5 Å². The van der Waals surface area contributed by atoms with Crippen molar-refractivity contribution in [3.8, 4) is 0 Å². The Morgan fingerprint density at radius 1 is 1.08 bits per heavy atom. The van der Waals surface area contributed by atoms with E-state index >= 15 is 0 Å². The first-order chi connectivity index (χ1) is 11.9. The van der Waals surface area contributed by atoms with Gasteiger partial charge < -0.3 is 0 Å². The van der Waals surface area contributed by atoms with E-state index in [1.54, 1.807) is 0 Å². The molecule has 0 aromatic rings. The molecule has 6 fully saturated rings.